The van der Waals surface area contributed by atoms with Crippen molar-refractivity contribution < 1.29 is 4.79 Å². The summed E-state index contributed by atoms with van der Waals surface area (Å²) in [6, 6.07) is 9.82. The Hall–Kier alpha value is -1.67. The minimum atomic E-state index is -0.146. The lowest BCUT2D eigenvalue weighted by Crippen LogP contribution is -2.19. The van der Waals surface area contributed by atoms with Crippen molar-refractivity contribution >= 4 is 6.29 Å². The SMILES string of the molecule is C/C=C\C(=C/C)C(C=O)c1ccccc1.CC.CCCN(C)CCC. The molecule has 1 aromatic rings. The number of benzene rings is 1. The second kappa shape index (κ2) is 18.7. The van der Waals surface area contributed by atoms with E-state index >= 15 is 0 Å². The largest absolute Gasteiger partial charge is 0.306 e. The molecular formula is C23H39NO. The molecule has 1 aromatic carbocycles. The zero-order valence-corrected chi connectivity index (χ0v) is 17.5. The molecule has 0 aliphatic rings. The Morgan fingerprint density at radius 2 is 1.56 bits per heavy atom. The minimum Gasteiger partial charge on any atom is -0.306 e. The summed E-state index contributed by atoms with van der Waals surface area (Å²) in [5.41, 5.74) is 2.08. The van der Waals surface area contributed by atoms with Gasteiger partial charge in [0, 0.05) is 0 Å². The lowest BCUT2D eigenvalue weighted by Gasteiger charge is -2.12. The van der Waals surface area contributed by atoms with Gasteiger partial charge >= 0.3 is 0 Å². The molecule has 0 radical (unpaired) electrons. The predicted molar refractivity (Wildman–Crippen MR) is 113 cm³/mol. The molecule has 0 aromatic heterocycles. The molecule has 2 nitrogen and oxygen atoms in total. The van der Waals surface area contributed by atoms with Crippen molar-refractivity contribution in [2.75, 3.05) is 20.1 Å². The van der Waals surface area contributed by atoms with E-state index in [9.17, 15) is 4.79 Å². The van der Waals surface area contributed by atoms with E-state index in [1.807, 2.05) is 76.3 Å². The van der Waals surface area contributed by atoms with Gasteiger partial charge in [-0.15, -0.1) is 0 Å². The molecule has 0 aliphatic heterocycles. The summed E-state index contributed by atoms with van der Waals surface area (Å²) in [5.74, 6) is -0.146. The van der Waals surface area contributed by atoms with Crippen molar-refractivity contribution in [3.8, 4) is 0 Å². The van der Waals surface area contributed by atoms with E-state index in [1.54, 1.807) is 0 Å². The Bertz CT molecular complexity index is 456. The molecule has 1 rings (SSSR count). The Balaban J connectivity index is 0. The molecule has 0 spiro atoms. The zero-order valence-electron chi connectivity index (χ0n) is 17.5. The fourth-order valence-electron chi connectivity index (χ4n) is 2.46. The molecule has 0 saturated carbocycles. The van der Waals surface area contributed by atoms with Crippen LogP contribution in [-0.2, 0) is 4.79 Å². The third kappa shape index (κ3) is 12.4. The monoisotopic (exact) mass is 345 g/mol. The third-order valence-electron chi connectivity index (χ3n) is 3.56. The van der Waals surface area contributed by atoms with Gasteiger partial charge in [-0.3, -0.25) is 0 Å². The first-order valence-electron chi connectivity index (χ1n) is 9.62. The molecule has 2 heteroatoms. The summed E-state index contributed by atoms with van der Waals surface area (Å²) in [6.45, 7) is 14.8. The van der Waals surface area contributed by atoms with E-state index in [2.05, 4.69) is 25.8 Å². The van der Waals surface area contributed by atoms with Gasteiger partial charge in [0.2, 0.25) is 0 Å². The van der Waals surface area contributed by atoms with Crippen molar-refractivity contribution in [2.24, 2.45) is 0 Å². The summed E-state index contributed by atoms with van der Waals surface area (Å²) >= 11 is 0. The first kappa shape index (κ1) is 25.6. The van der Waals surface area contributed by atoms with Gasteiger partial charge in [0.25, 0.3) is 0 Å². The molecule has 0 saturated heterocycles. The van der Waals surface area contributed by atoms with Crippen molar-refractivity contribution in [3.63, 3.8) is 0 Å². The number of carbonyl (C=O) groups excluding carboxylic acids is 1. The molecule has 142 valence electrons. The van der Waals surface area contributed by atoms with Crippen LogP contribution in [-0.4, -0.2) is 31.3 Å². The van der Waals surface area contributed by atoms with Gasteiger partial charge in [-0.05, 0) is 58.0 Å². The van der Waals surface area contributed by atoms with Crippen molar-refractivity contribution in [1.29, 1.82) is 0 Å². The summed E-state index contributed by atoms with van der Waals surface area (Å²) in [7, 11) is 2.17. The van der Waals surface area contributed by atoms with Crippen molar-refractivity contribution in [2.45, 2.75) is 60.3 Å². The Kier molecular flexibility index (Phi) is 19.1. The summed E-state index contributed by atoms with van der Waals surface area (Å²) in [6.07, 6.45) is 9.45. The van der Waals surface area contributed by atoms with Gasteiger partial charge in [0.15, 0.2) is 0 Å². The summed E-state index contributed by atoms with van der Waals surface area (Å²) < 4.78 is 0. The van der Waals surface area contributed by atoms with E-state index in [1.165, 1.54) is 25.9 Å². The van der Waals surface area contributed by atoms with Gasteiger partial charge in [0.05, 0.1) is 5.92 Å². The number of allylic oxidation sites excluding steroid dienone is 4. The van der Waals surface area contributed by atoms with Crippen LogP contribution < -0.4 is 0 Å². The van der Waals surface area contributed by atoms with Gasteiger partial charge in [-0.25, -0.2) is 0 Å². The van der Waals surface area contributed by atoms with E-state index in [0.29, 0.717) is 0 Å². The van der Waals surface area contributed by atoms with Crippen LogP contribution in [0.5, 0.6) is 0 Å². The highest BCUT2D eigenvalue weighted by atomic mass is 16.1. The molecule has 0 aliphatic carbocycles. The van der Waals surface area contributed by atoms with Crippen LogP contribution in [0.25, 0.3) is 0 Å². The fourth-order valence-corrected chi connectivity index (χ4v) is 2.46. The second-order valence-corrected chi connectivity index (χ2v) is 5.62. The van der Waals surface area contributed by atoms with Gasteiger partial charge in [0.1, 0.15) is 6.29 Å². The maximum Gasteiger partial charge on any atom is 0.131 e. The number of hydrogen-bond donors (Lipinski definition) is 0. The Morgan fingerprint density at radius 1 is 1.04 bits per heavy atom. The molecule has 0 heterocycles. The van der Waals surface area contributed by atoms with Gasteiger partial charge < -0.3 is 9.69 Å². The molecule has 1 unspecified atom stereocenters. The standard InChI is InChI=1S/C14H16O.C7H17N.C2H6/c1-3-8-12(4-2)14(11-15)13-9-6-5-7-10-13;1-4-6-8(3)7-5-2;1-2/h3-11,14H,1-2H3;4-7H2,1-3H3;1-2H3/b8-3-,12-4+;;. The summed E-state index contributed by atoms with van der Waals surface area (Å²) in [5, 5.41) is 0. The van der Waals surface area contributed by atoms with E-state index in [4.69, 9.17) is 0 Å². The predicted octanol–water partition coefficient (Wildman–Crippen LogP) is 6.26. The average molecular weight is 346 g/mol. The maximum atomic E-state index is 11.1. The lowest BCUT2D eigenvalue weighted by molar-refractivity contribution is -0.108. The molecule has 1 atom stereocenters. The van der Waals surface area contributed by atoms with Gasteiger partial charge in [-0.1, -0.05) is 76.3 Å². The first-order chi connectivity index (χ1) is 12.1. The molecule has 0 amide bonds. The van der Waals surface area contributed by atoms with Gasteiger partial charge in [-0.2, -0.15) is 0 Å². The topological polar surface area (TPSA) is 20.3 Å². The number of nitrogens with zero attached hydrogens (tertiary/aromatic N) is 1. The highest BCUT2D eigenvalue weighted by Gasteiger charge is 2.12. The van der Waals surface area contributed by atoms with Crippen molar-refractivity contribution in [3.05, 3.63) is 59.7 Å². The normalized spacial score (nSPS) is 12.1. The average Bonchev–Trinajstić information content (AvgIpc) is 2.65. The number of hydrogen-bond acceptors (Lipinski definition) is 2. The van der Waals surface area contributed by atoms with Crippen LogP contribution >= 0.6 is 0 Å². The molecule has 0 bridgehead atoms. The third-order valence-corrected chi connectivity index (χ3v) is 3.56. The lowest BCUT2D eigenvalue weighted by atomic mass is 9.92. The number of carbonyl (C=O) groups is 1. The van der Waals surface area contributed by atoms with Crippen LogP contribution in [0.2, 0.25) is 0 Å². The van der Waals surface area contributed by atoms with Crippen LogP contribution in [0.15, 0.2) is 54.1 Å². The van der Waals surface area contributed by atoms with E-state index < -0.39 is 0 Å². The smallest absolute Gasteiger partial charge is 0.131 e. The fraction of sp³-hybridized carbons (Fsp3) is 0.522. The molecule has 0 fully saturated rings. The highest BCUT2D eigenvalue weighted by molar-refractivity contribution is 5.69. The van der Waals surface area contributed by atoms with E-state index in [0.717, 1.165) is 17.4 Å². The highest BCUT2D eigenvalue weighted by Crippen LogP contribution is 2.22. The first-order valence-corrected chi connectivity index (χ1v) is 9.62. The molecule has 0 N–H and O–H groups in total. The van der Waals surface area contributed by atoms with Crippen molar-refractivity contribution in [1.82, 2.24) is 4.90 Å². The Morgan fingerprint density at radius 3 is 1.92 bits per heavy atom. The summed E-state index contributed by atoms with van der Waals surface area (Å²) in [4.78, 5) is 13.5. The minimum absolute atomic E-state index is 0.146. The van der Waals surface area contributed by atoms with Crippen LogP contribution in [0.3, 0.4) is 0 Å². The second-order valence-electron chi connectivity index (χ2n) is 5.62. The molecule has 25 heavy (non-hydrogen) atoms. The zero-order chi connectivity index (χ0) is 19.5. The maximum absolute atomic E-state index is 11.1. The number of rotatable bonds is 8. The Labute approximate surface area is 156 Å². The van der Waals surface area contributed by atoms with E-state index in [-0.39, 0.29) is 5.92 Å². The quantitative estimate of drug-likeness (QED) is 0.409. The molecular weight excluding hydrogens is 306 g/mol. The van der Waals surface area contributed by atoms with Crippen LogP contribution in [0, 0.1) is 0 Å². The van der Waals surface area contributed by atoms with Crippen LogP contribution in [0.4, 0.5) is 0 Å². The number of aldehydes is 1. The van der Waals surface area contributed by atoms with Crippen LogP contribution in [0.1, 0.15) is 65.9 Å².